The van der Waals surface area contributed by atoms with Crippen LogP contribution in [0.25, 0.3) is 0 Å². The summed E-state index contributed by atoms with van der Waals surface area (Å²) >= 11 is 0. The molecule has 1 N–H and O–H groups in total. The molecule has 0 bridgehead atoms. The first-order valence-corrected chi connectivity index (χ1v) is 8.57. The Bertz CT molecular complexity index is 351. The van der Waals surface area contributed by atoms with Crippen LogP contribution in [0.5, 0.6) is 5.75 Å². The maximum Gasteiger partial charge on any atom is 0.205 e. The molecule has 1 radical (unpaired) electrons. The second-order valence-corrected chi connectivity index (χ2v) is 7.24. The Morgan fingerprint density at radius 2 is 1.94 bits per heavy atom. The number of aryl methyl sites for hydroxylation is 1. The molecule has 0 aliphatic carbocycles. The van der Waals surface area contributed by atoms with E-state index in [1.165, 1.54) is 5.56 Å². The minimum absolute atomic E-state index is 0.165. The summed E-state index contributed by atoms with van der Waals surface area (Å²) in [5, 5.41) is 9.55. The molecule has 1 rings (SSSR count). The van der Waals surface area contributed by atoms with Gasteiger partial charge in [-0.05, 0) is 55.6 Å². The molecular weight excluding hydrogens is 228 g/mol. The molecule has 17 heavy (non-hydrogen) atoms. The predicted molar refractivity (Wildman–Crippen MR) is 73.6 cm³/mol. The molecule has 2 nitrogen and oxygen atoms in total. The van der Waals surface area contributed by atoms with Crippen molar-refractivity contribution >= 4 is 9.04 Å². The highest BCUT2D eigenvalue weighted by molar-refractivity contribution is 6.48. The average Bonchev–Trinajstić information content (AvgIpc) is 2.19. The molecule has 1 aromatic carbocycles. The maximum atomic E-state index is 9.55. The normalized spacial score (nSPS) is 13.4. The summed E-state index contributed by atoms with van der Waals surface area (Å²) in [4.78, 5) is 0. The third-order valence-electron chi connectivity index (χ3n) is 2.66. The van der Waals surface area contributed by atoms with Crippen molar-refractivity contribution in [2.75, 3.05) is 0 Å². The largest absolute Gasteiger partial charge is 0.508 e. The van der Waals surface area contributed by atoms with Gasteiger partial charge in [-0.3, -0.25) is 0 Å². The molecular formula is C14H23O2Si. The van der Waals surface area contributed by atoms with Crippen molar-refractivity contribution in [2.24, 2.45) is 5.92 Å². The highest BCUT2D eigenvalue weighted by atomic mass is 28.3. The van der Waals surface area contributed by atoms with Gasteiger partial charge in [0.15, 0.2) is 0 Å². The Kier molecular flexibility index (Phi) is 5.21. The van der Waals surface area contributed by atoms with Gasteiger partial charge in [0.1, 0.15) is 5.75 Å². The van der Waals surface area contributed by atoms with Gasteiger partial charge in [-0.2, -0.15) is 0 Å². The lowest BCUT2D eigenvalue weighted by Crippen LogP contribution is -2.16. The van der Waals surface area contributed by atoms with Crippen LogP contribution in [-0.2, 0) is 4.43 Å². The van der Waals surface area contributed by atoms with E-state index in [2.05, 4.69) is 26.9 Å². The standard InChI is InChI=1S/C14H23O2Si/c1-10(2)8-14(16-17(4)5)12-6-7-13(15)11(3)9-12/h6-7,9-10,14-15H,8H2,1-5H3. The van der Waals surface area contributed by atoms with E-state index >= 15 is 0 Å². The minimum Gasteiger partial charge on any atom is -0.508 e. The molecule has 0 aliphatic heterocycles. The molecule has 0 saturated heterocycles. The van der Waals surface area contributed by atoms with Gasteiger partial charge in [-0.15, -0.1) is 0 Å². The zero-order valence-corrected chi connectivity index (χ0v) is 12.4. The van der Waals surface area contributed by atoms with E-state index in [0.717, 1.165) is 12.0 Å². The molecule has 95 valence electrons. The Labute approximate surface area is 106 Å². The molecule has 1 aromatic rings. The lowest BCUT2D eigenvalue weighted by molar-refractivity contribution is 0.179. The molecule has 0 aromatic heterocycles. The van der Waals surface area contributed by atoms with Crippen LogP contribution in [0.4, 0.5) is 0 Å². The Morgan fingerprint density at radius 3 is 2.41 bits per heavy atom. The topological polar surface area (TPSA) is 29.5 Å². The van der Waals surface area contributed by atoms with Crippen molar-refractivity contribution in [1.82, 2.24) is 0 Å². The predicted octanol–water partition coefficient (Wildman–Crippen LogP) is 4.06. The maximum absolute atomic E-state index is 9.55. The van der Waals surface area contributed by atoms with Crippen LogP contribution in [0.15, 0.2) is 18.2 Å². The first-order valence-electron chi connectivity index (χ1n) is 6.16. The van der Waals surface area contributed by atoms with Crippen molar-refractivity contribution < 1.29 is 9.53 Å². The zero-order chi connectivity index (χ0) is 13.0. The number of aromatic hydroxyl groups is 1. The minimum atomic E-state index is -0.711. The van der Waals surface area contributed by atoms with Gasteiger partial charge in [-0.25, -0.2) is 0 Å². The summed E-state index contributed by atoms with van der Waals surface area (Å²) in [6.07, 6.45) is 1.19. The van der Waals surface area contributed by atoms with Crippen LogP contribution in [0.3, 0.4) is 0 Å². The van der Waals surface area contributed by atoms with Crippen molar-refractivity contribution in [1.29, 1.82) is 0 Å². The molecule has 0 heterocycles. The summed E-state index contributed by atoms with van der Waals surface area (Å²) in [5.74, 6) is 0.964. The lowest BCUT2D eigenvalue weighted by atomic mass is 9.98. The van der Waals surface area contributed by atoms with Gasteiger partial charge >= 0.3 is 0 Å². The number of rotatable bonds is 5. The number of hydrogen-bond donors (Lipinski definition) is 1. The van der Waals surface area contributed by atoms with Gasteiger partial charge in [0.2, 0.25) is 9.04 Å². The SMILES string of the molecule is Cc1cc(C(CC(C)C)O[Si](C)C)ccc1O. The fraction of sp³-hybridized carbons (Fsp3) is 0.571. The van der Waals surface area contributed by atoms with Crippen molar-refractivity contribution in [3.8, 4) is 5.75 Å². The van der Waals surface area contributed by atoms with Crippen LogP contribution in [0.2, 0.25) is 13.1 Å². The van der Waals surface area contributed by atoms with Crippen LogP contribution in [0, 0.1) is 12.8 Å². The van der Waals surface area contributed by atoms with Crippen LogP contribution < -0.4 is 0 Å². The second-order valence-electron chi connectivity index (χ2n) is 5.19. The third kappa shape index (κ3) is 4.52. The van der Waals surface area contributed by atoms with Gasteiger partial charge in [-0.1, -0.05) is 19.9 Å². The Hall–Kier alpha value is -0.803. The van der Waals surface area contributed by atoms with Gasteiger partial charge in [0, 0.05) is 0 Å². The molecule has 1 atom stereocenters. The Morgan fingerprint density at radius 1 is 1.29 bits per heavy atom. The average molecular weight is 251 g/mol. The molecule has 0 saturated carbocycles. The lowest BCUT2D eigenvalue weighted by Gasteiger charge is -2.23. The monoisotopic (exact) mass is 251 g/mol. The van der Waals surface area contributed by atoms with E-state index in [0.29, 0.717) is 11.7 Å². The highest BCUT2D eigenvalue weighted by Gasteiger charge is 2.16. The van der Waals surface area contributed by atoms with Gasteiger partial charge in [0.25, 0.3) is 0 Å². The quantitative estimate of drug-likeness (QED) is 0.800. The Balaban J connectivity index is 2.91. The van der Waals surface area contributed by atoms with Crippen molar-refractivity contribution in [2.45, 2.75) is 46.4 Å². The van der Waals surface area contributed by atoms with E-state index < -0.39 is 9.04 Å². The second kappa shape index (κ2) is 6.22. The third-order valence-corrected chi connectivity index (χ3v) is 3.41. The van der Waals surface area contributed by atoms with E-state index in [9.17, 15) is 5.11 Å². The number of benzene rings is 1. The van der Waals surface area contributed by atoms with Gasteiger partial charge in [0.05, 0.1) is 6.10 Å². The smallest absolute Gasteiger partial charge is 0.205 e. The molecule has 0 amide bonds. The fourth-order valence-electron chi connectivity index (χ4n) is 1.84. The van der Waals surface area contributed by atoms with E-state index in [-0.39, 0.29) is 6.10 Å². The van der Waals surface area contributed by atoms with Crippen molar-refractivity contribution in [3.63, 3.8) is 0 Å². The summed E-state index contributed by atoms with van der Waals surface area (Å²) in [6.45, 7) is 10.7. The zero-order valence-electron chi connectivity index (χ0n) is 11.4. The van der Waals surface area contributed by atoms with E-state index in [1.807, 2.05) is 19.1 Å². The summed E-state index contributed by atoms with van der Waals surface area (Å²) in [6, 6.07) is 5.77. The van der Waals surface area contributed by atoms with Crippen LogP contribution in [0.1, 0.15) is 37.5 Å². The van der Waals surface area contributed by atoms with Crippen molar-refractivity contribution in [3.05, 3.63) is 29.3 Å². The molecule has 0 fully saturated rings. The summed E-state index contributed by atoms with van der Waals surface area (Å²) in [7, 11) is -0.711. The van der Waals surface area contributed by atoms with E-state index in [1.54, 1.807) is 6.07 Å². The summed E-state index contributed by atoms with van der Waals surface area (Å²) < 4.78 is 6.06. The molecule has 0 aliphatic rings. The molecule has 3 heteroatoms. The summed E-state index contributed by atoms with van der Waals surface area (Å²) in [5.41, 5.74) is 2.10. The number of phenolic OH excluding ortho intramolecular Hbond substituents is 1. The molecule has 1 unspecified atom stereocenters. The van der Waals surface area contributed by atoms with E-state index in [4.69, 9.17) is 4.43 Å². The fourth-order valence-corrected chi connectivity index (χ4v) is 2.65. The van der Waals surface area contributed by atoms with Crippen LogP contribution in [-0.4, -0.2) is 14.1 Å². The van der Waals surface area contributed by atoms with Crippen LogP contribution >= 0.6 is 0 Å². The molecule has 0 spiro atoms. The first kappa shape index (κ1) is 14.3. The number of hydrogen-bond acceptors (Lipinski definition) is 2. The first-order chi connectivity index (χ1) is 7.90. The number of phenols is 1. The highest BCUT2D eigenvalue weighted by Crippen LogP contribution is 2.29. The van der Waals surface area contributed by atoms with Gasteiger partial charge < -0.3 is 9.53 Å².